The third-order valence-electron chi connectivity index (χ3n) is 1.64. The van der Waals surface area contributed by atoms with E-state index < -0.39 is 11.2 Å². The summed E-state index contributed by atoms with van der Waals surface area (Å²) in [6.07, 6.45) is 0. The highest BCUT2D eigenvalue weighted by molar-refractivity contribution is 7.91. The molecule has 10 heavy (non-hydrogen) atoms. The molecule has 0 saturated carbocycles. The van der Waals surface area contributed by atoms with Crippen LogP contribution in [0, 0.1) is 12.3 Å². The fraction of sp³-hybridized carbons (Fsp3) is 0.857. The average molecular weight is 161 g/mol. The molecule has 0 amide bonds. The van der Waals surface area contributed by atoms with E-state index in [1.54, 1.807) is 0 Å². The summed E-state index contributed by atoms with van der Waals surface area (Å²) >= 11 is -0.736. The first kappa shape index (κ1) is 8.37. The van der Waals surface area contributed by atoms with E-state index in [9.17, 15) is 4.55 Å². The van der Waals surface area contributed by atoms with Gasteiger partial charge in [-0.05, 0) is 6.92 Å². The van der Waals surface area contributed by atoms with Crippen molar-refractivity contribution in [1.82, 2.24) is 0 Å². The standard InChI is InChI=1S/C7H13O2S/c1-3-10(8)6-7(2)4-9-5-7/h1,3-6H2,2H3. The van der Waals surface area contributed by atoms with E-state index in [1.165, 1.54) is 0 Å². The third kappa shape index (κ3) is 1.87. The van der Waals surface area contributed by atoms with Crippen LogP contribution in [0.4, 0.5) is 0 Å². The molecule has 3 heteroatoms. The van der Waals surface area contributed by atoms with Crippen molar-refractivity contribution < 1.29 is 9.29 Å². The monoisotopic (exact) mass is 161 g/mol. The van der Waals surface area contributed by atoms with Crippen molar-refractivity contribution in [3.05, 3.63) is 6.92 Å². The summed E-state index contributed by atoms with van der Waals surface area (Å²) in [6.45, 7) is 7.21. The normalized spacial score (nSPS) is 25.5. The molecule has 0 N–H and O–H groups in total. The topological polar surface area (TPSA) is 32.3 Å². The van der Waals surface area contributed by atoms with Gasteiger partial charge in [-0.2, -0.15) is 0 Å². The van der Waals surface area contributed by atoms with Crippen LogP contribution in [0.25, 0.3) is 0 Å². The molecule has 1 rings (SSSR count). The smallest absolute Gasteiger partial charge is 0.115 e. The molecule has 1 fully saturated rings. The molecule has 0 aromatic rings. The molecule has 1 aliphatic rings. The first-order valence-corrected chi connectivity index (χ1v) is 4.87. The van der Waals surface area contributed by atoms with Crippen molar-refractivity contribution in [2.45, 2.75) is 6.92 Å². The predicted molar refractivity (Wildman–Crippen MR) is 42.2 cm³/mol. The molecule has 0 aliphatic carbocycles. The lowest BCUT2D eigenvalue weighted by Gasteiger charge is -2.37. The summed E-state index contributed by atoms with van der Waals surface area (Å²) in [5.41, 5.74) is 0.183. The van der Waals surface area contributed by atoms with Crippen LogP contribution in [-0.4, -0.2) is 29.3 Å². The summed E-state index contributed by atoms with van der Waals surface area (Å²) in [5.74, 6) is 1.27. The van der Waals surface area contributed by atoms with Gasteiger partial charge in [-0.1, -0.05) is 18.1 Å². The van der Waals surface area contributed by atoms with E-state index >= 15 is 0 Å². The second-order valence-corrected chi connectivity index (χ2v) is 4.67. The maximum absolute atomic E-state index is 11.0. The quantitative estimate of drug-likeness (QED) is 0.568. The molecule has 0 spiro atoms. The van der Waals surface area contributed by atoms with Crippen molar-refractivity contribution in [2.75, 3.05) is 24.7 Å². The SMILES string of the molecule is [CH2]C[S+]([O-])CC1(C)COC1. The van der Waals surface area contributed by atoms with Crippen molar-refractivity contribution in [3.63, 3.8) is 0 Å². The molecular weight excluding hydrogens is 148 g/mol. The van der Waals surface area contributed by atoms with Crippen molar-refractivity contribution in [1.29, 1.82) is 0 Å². The summed E-state index contributed by atoms with van der Waals surface area (Å²) in [4.78, 5) is 0. The van der Waals surface area contributed by atoms with Gasteiger partial charge >= 0.3 is 0 Å². The molecule has 1 atom stereocenters. The van der Waals surface area contributed by atoms with E-state index in [-0.39, 0.29) is 5.41 Å². The maximum Gasteiger partial charge on any atom is 0.115 e. The molecule has 1 unspecified atom stereocenters. The van der Waals surface area contributed by atoms with Crippen LogP contribution in [0.15, 0.2) is 0 Å². The number of hydrogen-bond donors (Lipinski definition) is 0. The molecule has 1 heterocycles. The minimum atomic E-state index is -0.736. The maximum atomic E-state index is 11.0. The highest BCUT2D eigenvalue weighted by atomic mass is 32.2. The fourth-order valence-corrected chi connectivity index (χ4v) is 2.08. The van der Waals surface area contributed by atoms with Crippen LogP contribution in [0.1, 0.15) is 6.92 Å². The summed E-state index contributed by atoms with van der Waals surface area (Å²) in [5, 5.41) is 0. The lowest BCUT2D eigenvalue weighted by Crippen LogP contribution is -2.45. The van der Waals surface area contributed by atoms with Gasteiger partial charge in [0.05, 0.1) is 18.6 Å². The number of rotatable bonds is 3. The van der Waals surface area contributed by atoms with Crippen LogP contribution < -0.4 is 0 Å². The molecule has 0 aromatic heterocycles. The van der Waals surface area contributed by atoms with Crippen molar-refractivity contribution in [2.24, 2.45) is 5.41 Å². The first-order valence-electron chi connectivity index (χ1n) is 3.38. The Morgan fingerprint density at radius 1 is 1.70 bits per heavy atom. The zero-order chi connectivity index (χ0) is 7.61. The van der Waals surface area contributed by atoms with Crippen molar-refractivity contribution in [3.8, 4) is 0 Å². The molecule has 0 aromatic carbocycles. The number of hydrogen-bond acceptors (Lipinski definition) is 2. The fourth-order valence-electron chi connectivity index (χ4n) is 0.995. The molecule has 1 saturated heterocycles. The predicted octanol–water partition coefficient (Wildman–Crippen LogP) is 0.606. The Bertz CT molecular complexity index is 112. The highest BCUT2D eigenvalue weighted by Crippen LogP contribution is 2.28. The average Bonchev–Trinajstić information content (AvgIpc) is 1.84. The lowest BCUT2D eigenvalue weighted by molar-refractivity contribution is -0.0869. The number of ether oxygens (including phenoxy) is 1. The van der Waals surface area contributed by atoms with Crippen LogP contribution >= 0.6 is 0 Å². The Hall–Kier alpha value is 0.270. The Balaban J connectivity index is 2.22. The van der Waals surface area contributed by atoms with Crippen LogP contribution in [0.2, 0.25) is 0 Å². The van der Waals surface area contributed by atoms with Crippen LogP contribution in [0.5, 0.6) is 0 Å². The Labute approximate surface area is 65.1 Å². The largest absolute Gasteiger partial charge is 0.616 e. The van der Waals surface area contributed by atoms with Crippen LogP contribution in [0.3, 0.4) is 0 Å². The summed E-state index contributed by atoms with van der Waals surface area (Å²) in [6, 6.07) is 0. The molecule has 2 nitrogen and oxygen atoms in total. The van der Waals surface area contributed by atoms with Gasteiger partial charge in [0.25, 0.3) is 0 Å². The zero-order valence-corrected chi connectivity index (χ0v) is 7.08. The van der Waals surface area contributed by atoms with Gasteiger partial charge in [0.1, 0.15) is 11.5 Å². The highest BCUT2D eigenvalue weighted by Gasteiger charge is 2.37. The Kier molecular flexibility index (Phi) is 2.61. The van der Waals surface area contributed by atoms with E-state index in [0.29, 0.717) is 5.75 Å². The van der Waals surface area contributed by atoms with Gasteiger partial charge in [-0.3, -0.25) is 0 Å². The minimum absolute atomic E-state index is 0.183. The van der Waals surface area contributed by atoms with Gasteiger partial charge in [0.15, 0.2) is 0 Å². The molecule has 1 radical (unpaired) electrons. The summed E-state index contributed by atoms with van der Waals surface area (Å²) < 4.78 is 16.0. The minimum Gasteiger partial charge on any atom is -0.616 e. The van der Waals surface area contributed by atoms with Gasteiger partial charge < -0.3 is 9.29 Å². The lowest BCUT2D eigenvalue weighted by atomic mass is 9.92. The molecule has 59 valence electrons. The van der Waals surface area contributed by atoms with E-state index in [4.69, 9.17) is 4.74 Å². The second kappa shape index (κ2) is 3.11. The summed E-state index contributed by atoms with van der Waals surface area (Å²) in [7, 11) is 0. The van der Waals surface area contributed by atoms with Gasteiger partial charge in [0.2, 0.25) is 0 Å². The molecule has 1 aliphatic heterocycles. The second-order valence-electron chi connectivity index (χ2n) is 3.09. The third-order valence-corrected chi connectivity index (χ3v) is 3.11. The van der Waals surface area contributed by atoms with Crippen LogP contribution in [-0.2, 0) is 15.9 Å². The Morgan fingerprint density at radius 2 is 2.30 bits per heavy atom. The van der Waals surface area contributed by atoms with Crippen molar-refractivity contribution >= 4 is 11.2 Å². The Morgan fingerprint density at radius 3 is 2.60 bits per heavy atom. The van der Waals surface area contributed by atoms with E-state index in [0.717, 1.165) is 19.0 Å². The van der Waals surface area contributed by atoms with E-state index in [1.807, 2.05) is 0 Å². The van der Waals surface area contributed by atoms with Gasteiger partial charge in [-0.25, -0.2) is 0 Å². The molecule has 0 bridgehead atoms. The molecular formula is C7H13O2S. The van der Waals surface area contributed by atoms with Gasteiger partial charge in [0, 0.05) is 0 Å². The zero-order valence-electron chi connectivity index (χ0n) is 6.26. The first-order chi connectivity index (χ1) is 4.66. The van der Waals surface area contributed by atoms with Gasteiger partial charge in [-0.15, -0.1) is 0 Å². The van der Waals surface area contributed by atoms with E-state index in [2.05, 4.69) is 13.8 Å².